The highest BCUT2D eigenvalue weighted by atomic mass is 32.2. The van der Waals surface area contributed by atoms with E-state index < -0.39 is 68.2 Å². The van der Waals surface area contributed by atoms with Crippen LogP contribution in [0.3, 0.4) is 0 Å². The van der Waals surface area contributed by atoms with Crippen molar-refractivity contribution < 1.29 is 45.9 Å². The number of rotatable bonds is 12. The molecule has 2 aromatic carbocycles. The fourth-order valence-corrected chi connectivity index (χ4v) is 5.75. The summed E-state index contributed by atoms with van der Waals surface area (Å²) in [5.41, 5.74) is -1.60. The van der Waals surface area contributed by atoms with E-state index in [-0.39, 0.29) is 48.5 Å². The lowest BCUT2D eigenvalue weighted by atomic mass is 9.95. The second-order valence-electron chi connectivity index (χ2n) is 13.6. The lowest BCUT2D eigenvalue weighted by Gasteiger charge is -2.30. The zero-order chi connectivity index (χ0) is 38.5. The quantitative estimate of drug-likeness (QED) is 0.225. The molecule has 1 aliphatic rings. The highest BCUT2D eigenvalue weighted by Crippen LogP contribution is 2.25. The normalized spacial score (nSPS) is 14.2. The highest BCUT2D eigenvalue weighted by Gasteiger charge is 2.32. The Morgan fingerprint density at radius 2 is 1.67 bits per heavy atom. The van der Waals surface area contributed by atoms with Crippen molar-refractivity contribution in [3.8, 4) is 0 Å². The van der Waals surface area contributed by atoms with Crippen molar-refractivity contribution in [1.29, 1.82) is 0 Å². The van der Waals surface area contributed by atoms with Crippen LogP contribution in [0, 0.1) is 23.0 Å². The Morgan fingerprint density at radius 3 is 2.27 bits per heavy atom. The van der Waals surface area contributed by atoms with E-state index in [4.69, 9.17) is 4.74 Å². The number of nitrogens with zero attached hydrogens (tertiary/aromatic N) is 3. The van der Waals surface area contributed by atoms with Crippen LogP contribution >= 0.6 is 0 Å². The summed E-state index contributed by atoms with van der Waals surface area (Å²) < 4.78 is 63.7. The molecule has 17 heteroatoms. The molecule has 0 spiro atoms. The van der Waals surface area contributed by atoms with E-state index in [2.05, 4.69) is 15.6 Å². The van der Waals surface area contributed by atoms with E-state index in [9.17, 15) is 32.4 Å². The minimum Gasteiger partial charge on any atom is -0.464 e. The average molecular weight is 743 g/mol. The number of nitrogens with one attached hydrogen (secondary N) is 3. The van der Waals surface area contributed by atoms with Gasteiger partial charge in [0.25, 0.3) is 15.9 Å². The maximum absolute atomic E-state index is 15.3. The molecule has 0 unspecified atom stereocenters. The lowest BCUT2D eigenvalue weighted by molar-refractivity contribution is -0.147. The molecule has 3 N–H and O–H groups in total. The second kappa shape index (κ2) is 15.8. The molecule has 0 bridgehead atoms. The second-order valence-corrected chi connectivity index (χ2v) is 15.3. The van der Waals surface area contributed by atoms with Crippen LogP contribution in [0.2, 0.25) is 0 Å². The van der Waals surface area contributed by atoms with Crippen molar-refractivity contribution in [1.82, 2.24) is 15.2 Å². The predicted octanol–water partition coefficient (Wildman–Crippen LogP) is 4.47. The largest absolute Gasteiger partial charge is 0.464 e. The Balaban J connectivity index is 1.50. The molecule has 0 saturated carbocycles. The Labute approximate surface area is 300 Å². The Kier molecular flexibility index (Phi) is 12.0. The monoisotopic (exact) mass is 742 g/mol. The maximum Gasteiger partial charge on any atom is 0.332 e. The molecule has 5 amide bonds. The van der Waals surface area contributed by atoms with Crippen LogP contribution in [0.4, 0.5) is 30.8 Å². The molecular weight excluding hydrogens is 702 g/mol. The molecule has 1 aliphatic heterocycles. The van der Waals surface area contributed by atoms with Crippen molar-refractivity contribution in [2.45, 2.75) is 58.4 Å². The number of aromatic nitrogens is 1. The van der Waals surface area contributed by atoms with Crippen molar-refractivity contribution >= 4 is 56.9 Å². The number of esters is 1. The number of hydrogen-bond acceptors (Lipinski definition) is 9. The summed E-state index contributed by atoms with van der Waals surface area (Å²) in [5.74, 6) is -5.38. The van der Waals surface area contributed by atoms with Gasteiger partial charge in [0.15, 0.2) is 0 Å². The fraction of sp³-hybridized carbons (Fsp3) is 0.371. The summed E-state index contributed by atoms with van der Waals surface area (Å²) in [6, 6.07) is 6.94. The summed E-state index contributed by atoms with van der Waals surface area (Å²) >= 11 is 0. The van der Waals surface area contributed by atoms with Crippen LogP contribution in [0.1, 0.15) is 57.0 Å². The predicted molar refractivity (Wildman–Crippen MR) is 187 cm³/mol. The van der Waals surface area contributed by atoms with Gasteiger partial charge in [0.05, 0.1) is 22.8 Å². The van der Waals surface area contributed by atoms with Crippen molar-refractivity contribution in [3.63, 3.8) is 0 Å². The van der Waals surface area contributed by atoms with Gasteiger partial charge in [0, 0.05) is 49.8 Å². The van der Waals surface area contributed by atoms with E-state index in [1.54, 1.807) is 41.7 Å². The summed E-state index contributed by atoms with van der Waals surface area (Å²) in [6.07, 6.45) is 1.20. The first-order chi connectivity index (χ1) is 24.3. The molecule has 1 saturated heterocycles. The van der Waals surface area contributed by atoms with E-state index in [1.165, 1.54) is 47.5 Å². The first-order valence-corrected chi connectivity index (χ1v) is 17.7. The van der Waals surface area contributed by atoms with Crippen molar-refractivity contribution in [2.75, 3.05) is 35.1 Å². The van der Waals surface area contributed by atoms with Gasteiger partial charge in [-0.25, -0.2) is 36.7 Å². The van der Waals surface area contributed by atoms with Gasteiger partial charge < -0.3 is 20.3 Å². The molecule has 4 rings (SSSR count). The van der Waals surface area contributed by atoms with Crippen LogP contribution in [0.5, 0.6) is 0 Å². The Bertz CT molecular complexity index is 1970. The number of carbonyl (C=O) groups is 5. The topological polar surface area (TPSA) is 184 Å². The molecule has 1 fully saturated rings. The van der Waals surface area contributed by atoms with Crippen LogP contribution in [0.25, 0.3) is 0 Å². The number of sulfonamides is 1. The van der Waals surface area contributed by atoms with Crippen LogP contribution in [-0.2, 0) is 35.6 Å². The number of ether oxygens (including phenoxy) is 1. The number of imide groups is 1. The van der Waals surface area contributed by atoms with E-state index in [0.717, 1.165) is 4.90 Å². The molecule has 0 aliphatic carbocycles. The van der Waals surface area contributed by atoms with Crippen LogP contribution in [0.15, 0.2) is 59.6 Å². The SMILES string of the molecule is CC(C)COC(=O)[C@H](Cc1ccc(N2C(=O)CCN(C)C2=O)nc1)NC(=O)c1cc(F)c(NS(=O)(=O)c2ccc(NC(=O)C(C)(C)C)cc2)cc1F. The zero-order valence-electron chi connectivity index (χ0n) is 29.5. The molecule has 52 heavy (non-hydrogen) atoms. The van der Waals surface area contributed by atoms with Gasteiger partial charge in [-0.15, -0.1) is 0 Å². The standard InChI is InChI=1S/C35H40F2N6O8S/c1-20(2)19-51-32(46)28(15-21-7-12-29(38-18-21)43-30(44)13-14-42(6)34(43)48)40-31(45)24-16-26(37)27(17-25(24)36)41-52(49,50)23-10-8-22(9-11-23)39-33(47)35(3,4)5/h7-12,16-18,20,28,41H,13-15,19H2,1-6H3,(H,39,47)(H,40,45)/t28-/m0/s1. The average Bonchev–Trinajstić information content (AvgIpc) is 3.07. The summed E-state index contributed by atoms with van der Waals surface area (Å²) in [6.45, 7) is 8.97. The Morgan fingerprint density at radius 1 is 1.00 bits per heavy atom. The first-order valence-electron chi connectivity index (χ1n) is 16.2. The number of benzene rings is 2. The molecule has 1 aromatic heterocycles. The fourth-order valence-electron chi connectivity index (χ4n) is 4.70. The summed E-state index contributed by atoms with van der Waals surface area (Å²) in [5, 5.41) is 5.00. The Hall–Kier alpha value is -5.45. The third-order valence-electron chi connectivity index (χ3n) is 7.70. The number of amides is 5. The minimum atomic E-state index is -4.44. The molecule has 14 nitrogen and oxygen atoms in total. The number of pyridine rings is 1. The molecule has 0 radical (unpaired) electrons. The minimum absolute atomic E-state index is 0.00119. The third kappa shape index (κ3) is 9.65. The molecule has 1 atom stereocenters. The molecule has 2 heterocycles. The van der Waals surface area contributed by atoms with Gasteiger partial charge in [0.1, 0.15) is 23.5 Å². The molecule has 278 valence electrons. The summed E-state index contributed by atoms with van der Waals surface area (Å²) in [7, 11) is -2.89. The molecular formula is C35H40F2N6O8S. The van der Waals surface area contributed by atoms with Crippen molar-refractivity contribution in [2.24, 2.45) is 11.3 Å². The van der Waals surface area contributed by atoms with E-state index >= 15 is 8.78 Å². The van der Waals surface area contributed by atoms with Crippen LogP contribution < -0.4 is 20.3 Å². The number of halogens is 2. The highest BCUT2D eigenvalue weighted by molar-refractivity contribution is 7.92. The van der Waals surface area contributed by atoms with Gasteiger partial charge in [-0.1, -0.05) is 40.7 Å². The summed E-state index contributed by atoms with van der Waals surface area (Å²) in [4.78, 5) is 69.6. The first kappa shape index (κ1) is 39.3. The lowest BCUT2D eigenvalue weighted by Crippen LogP contribution is -2.51. The van der Waals surface area contributed by atoms with E-state index in [1.807, 2.05) is 4.72 Å². The maximum atomic E-state index is 15.3. The number of anilines is 3. The van der Waals surface area contributed by atoms with Gasteiger partial charge in [-0.2, -0.15) is 0 Å². The van der Waals surface area contributed by atoms with Gasteiger partial charge in [-0.05, 0) is 47.9 Å². The smallest absolute Gasteiger partial charge is 0.332 e. The third-order valence-corrected chi connectivity index (χ3v) is 9.09. The number of hydrogen-bond donors (Lipinski definition) is 3. The zero-order valence-corrected chi connectivity index (χ0v) is 30.3. The number of urea groups is 1. The van der Waals surface area contributed by atoms with E-state index in [0.29, 0.717) is 23.4 Å². The number of carbonyl (C=O) groups excluding carboxylic acids is 5. The van der Waals surface area contributed by atoms with Crippen molar-refractivity contribution in [3.05, 3.63) is 77.5 Å². The van der Waals surface area contributed by atoms with Gasteiger partial charge >= 0.3 is 12.0 Å². The van der Waals surface area contributed by atoms with Gasteiger partial charge in [0.2, 0.25) is 11.8 Å². The van der Waals surface area contributed by atoms with Gasteiger partial charge in [-0.3, -0.25) is 19.1 Å². The van der Waals surface area contributed by atoms with Crippen LogP contribution in [-0.4, -0.2) is 74.3 Å². The molecule has 3 aromatic rings.